The third-order valence-electron chi connectivity index (χ3n) is 2.65. The van der Waals surface area contributed by atoms with Gasteiger partial charge in [-0.2, -0.15) is 0 Å². The normalized spacial score (nSPS) is 11.1. The van der Waals surface area contributed by atoms with Gasteiger partial charge >= 0.3 is 0 Å². The predicted molar refractivity (Wildman–Crippen MR) is 73.9 cm³/mol. The molecule has 96 valence electrons. The lowest BCUT2D eigenvalue weighted by Crippen LogP contribution is -1.97. The van der Waals surface area contributed by atoms with Crippen molar-refractivity contribution in [3.05, 3.63) is 51.3 Å². The zero-order chi connectivity index (χ0) is 13.6. The SMILES string of the molecule is Fc1ccc(-n2c(=S)[nH]c3cc(Br)cnc32)cc1F. The molecule has 1 aromatic carbocycles. The first-order valence-electron chi connectivity index (χ1n) is 5.28. The second kappa shape index (κ2) is 4.50. The molecular formula is C12H6BrF2N3S. The van der Waals surface area contributed by atoms with Gasteiger partial charge in [-0.25, -0.2) is 13.8 Å². The quantitative estimate of drug-likeness (QED) is 0.675. The molecule has 3 rings (SSSR count). The molecule has 2 heterocycles. The second-order valence-corrected chi connectivity index (χ2v) is 5.19. The van der Waals surface area contributed by atoms with Gasteiger partial charge in [-0.3, -0.25) is 4.57 Å². The van der Waals surface area contributed by atoms with E-state index in [1.54, 1.807) is 10.8 Å². The number of halogens is 3. The van der Waals surface area contributed by atoms with Gasteiger partial charge in [-0.15, -0.1) is 0 Å². The van der Waals surface area contributed by atoms with Crippen LogP contribution in [0.1, 0.15) is 0 Å². The average Bonchev–Trinajstić information content (AvgIpc) is 2.68. The van der Waals surface area contributed by atoms with E-state index in [0.717, 1.165) is 16.6 Å². The molecule has 3 aromatic rings. The highest BCUT2D eigenvalue weighted by molar-refractivity contribution is 9.10. The summed E-state index contributed by atoms with van der Waals surface area (Å²) < 4.78 is 29.0. The van der Waals surface area contributed by atoms with E-state index in [0.29, 0.717) is 21.6 Å². The lowest BCUT2D eigenvalue weighted by molar-refractivity contribution is 0.508. The third kappa shape index (κ3) is 2.08. The summed E-state index contributed by atoms with van der Waals surface area (Å²) in [5.41, 5.74) is 1.69. The smallest absolute Gasteiger partial charge is 0.184 e. The fourth-order valence-corrected chi connectivity index (χ4v) is 2.47. The van der Waals surface area contributed by atoms with Gasteiger partial charge in [0.05, 0.1) is 11.2 Å². The number of hydrogen-bond acceptors (Lipinski definition) is 2. The fourth-order valence-electron chi connectivity index (χ4n) is 1.83. The number of hydrogen-bond donors (Lipinski definition) is 1. The van der Waals surface area contributed by atoms with Crippen LogP contribution in [0.5, 0.6) is 0 Å². The molecule has 0 spiro atoms. The van der Waals surface area contributed by atoms with Crippen molar-refractivity contribution in [3.8, 4) is 5.69 Å². The van der Waals surface area contributed by atoms with E-state index in [9.17, 15) is 8.78 Å². The van der Waals surface area contributed by atoms with Crippen molar-refractivity contribution in [2.24, 2.45) is 0 Å². The molecule has 3 nitrogen and oxygen atoms in total. The molecule has 0 saturated heterocycles. The van der Waals surface area contributed by atoms with E-state index in [2.05, 4.69) is 25.9 Å². The van der Waals surface area contributed by atoms with Crippen LogP contribution in [0.25, 0.3) is 16.9 Å². The molecule has 0 saturated carbocycles. The summed E-state index contributed by atoms with van der Waals surface area (Å²) in [7, 11) is 0. The Hall–Kier alpha value is -1.60. The maximum Gasteiger partial charge on any atom is 0.184 e. The van der Waals surface area contributed by atoms with Gasteiger partial charge in [0.1, 0.15) is 0 Å². The summed E-state index contributed by atoms with van der Waals surface area (Å²) in [6.45, 7) is 0. The minimum Gasteiger partial charge on any atom is -0.329 e. The first-order chi connectivity index (χ1) is 9.06. The summed E-state index contributed by atoms with van der Waals surface area (Å²) >= 11 is 8.50. The molecule has 7 heteroatoms. The molecule has 19 heavy (non-hydrogen) atoms. The van der Waals surface area contributed by atoms with E-state index in [-0.39, 0.29) is 0 Å². The molecular weight excluding hydrogens is 336 g/mol. The number of H-pyrrole nitrogens is 1. The van der Waals surface area contributed by atoms with Crippen molar-refractivity contribution in [2.45, 2.75) is 0 Å². The van der Waals surface area contributed by atoms with Gasteiger partial charge in [0, 0.05) is 16.7 Å². The Morgan fingerprint density at radius 3 is 2.74 bits per heavy atom. The largest absolute Gasteiger partial charge is 0.329 e. The van der Waals surface area contributed by atoms with Crippen molar-refractivity contribution >= 4 is 39.3 Å². The highest BCUT2D eigenvalue weighted by atomic mass is 79.9. The monoisotopic (exact) mass is 341 g/mol. The van der Waals surface area contributed by atoms with Gasteiger partial charge in [0.2, 0.25) is 0 Å². The molecule has 0 bridgehead atoms. The third-order valence-corrected chi connectivity index (χ3v) is 3.37. The first-order valence-corrected chi connectivity index (χ1v) is 6.48. The Kier molecular flexibility index (Phi) is 2.94. The Labute approximate surface area is 120 Å². The van der Waals surface area contributed by atoms with E-state index < -0.39 is 11.6 Å². The maximum atomic E-state index is 13.3. The number of aromatic nitrogens is 3. The molecule has 1 N–H and O–H groups in total. The van der Waals surface area contributed by atoms with Crippen LogP contribution in [0, 0.1) is 16.4 Å². The maximum absolute atomic E-state index is 13.3. The number of aromatic amines is 1. The second-order valence-electron chi connectivity index (χ2n) is 3.89. The van der Waals surface area contributed by atoms with Crippen LogP contribution in [-0.2, 0) is 0 Å². The molecule has 0 aliphatic heterocycles. The van der Waals surface area contributed by atoms with Crippen LogP contribution in [0.15, 0.2) is 34.9 Å². The van der Waals surface area contributed by atoms with Crippen LogP contribution in [0.4, 0.5) is 8.78 Å². The van der Waals surface area contributed by atoms with Crippen molar-refractivity contribution in [2.75, 3.05) is 0 Å². The number of nitrogens with zero attached hydrogens (tertiary/aromatic N) is 2. The van der Waals surface area contributed by atoms with Crippen LogP contribution in [-0.4, -0.2) is 14.5 Å². The van der Waals surface area contributed by atoms with E-state index >= 15 is 0 Å². The number of imidazole rings is 1. The topological polar surface area (TPSA) is 33.6 Å². The van der Waals surface area contributed by atoms with Crippen LogP contribution >= 0.6 is 28.1 Å². The lowest BCUT2D eigenvalue weighted by atomic mass is 10.3. The van der Waals surface area contributed by atoms with Gasteiger partial charge in [0.15, 0.2) is 22.1 Å². The number of pyridine rings is 1. The first kappa shape index (κ1) is 12.4. The Morgan fingerprint density at radius 1 is 1.21 bits per heavy atom. The molecule has 0 radical (unpaired) electrons. The highest BCUT2D eigenvalue weighted by Crippen LogP contribution is 2.21. The van der Waals surface area contributed by atoms with E-state index in [1.165, 1.54) is 6.07 Å². The molecule has 0 fully saturated rings. The van der Waals surface area contributed by atoms with E-state index in [1.807, 2.05) is 6.07 Å². The highest BCUT2D eigenvalue weighted by Gasteiger charge is 2.10. The van der Waals surface area contributed by atoms with E-state index in [4.69, 9.17) is 12.2 Å². The standard InChI is InChI=1S/C12H6BrF2N3S/c13-6-3-10-11(16-5-6)18(12(19)17-10)7-1-2-8(14)9(15)4-7/h1-5H,(H,17,19). The van der Waals surface area contributed by atoms with Crippen molar-refractivity contribution in [3.63, 3.8) is 0 Å². The van der Waals surface area contributed by atoms with Crippen LogP contribution in [0.3, 0.4) is 0 Å². The molecule has 0 amide bonds. The fraction of sp³-hybridized carbons (Fsp3) is 0. The minimum atomic E-state index is -0.925. The molecule has 0 aliphatic rings. The van der Waals surface area contributed by atoms with Crippen molar-refractivity contribution in [1.29, 1.82) is 0 Å². The number of nitrogens with one attached hydrogen (secondary N) is 1. The Morgan fingerprint density at radius 2 is 2.00 bits per heavy atom. The summed E-state index contributed by atoms with van der Waals surface area (Å²) in [6, 6.07) is 5.41. The van der Waals surface area contributed by atoms with Gasteiger partial charge in [-0.05, 0) is 46.3 Å². The minimum absolute atomic E-state index is 0.367. The van der Waals surface area contributed by atoms with Crippen molar-refractivity contribution < 1.29 is 8.78 Å². The summed E-state index contributed by atoms with van der Waals surface area (Å²) in [4.78, 5) is 7.20. The van der Waals surface area contributed by atoms with Gasteiger partial charge in [-0.1, -0.05) is 0 Å². The lowest BCUT2D eigenvalue weighted by Gasteiger charge is -2.04. The Bertz CT molecular complexity index is 841. The molecule has 0 atom stereocenters. The zero-order valence-corrected chi connectivity index (χ0v) is 11.7. The number of fused-ring (bicyclic) bond motifs is 1. The zero-order valence-electron chi connectivity index (χ0n) is 9.32. The number of benzene rings is 1. The Balaban J connectivity index is 2.32. The average molecular weight is 342 g/mol. The van der Waals surface area contributed by atoms with Crippen LogP contribution in [0.2, 0.25) is 0 Å². The summed E-state index contributed by atoms with van der Waals surface area (Å²) in [6.07, 6.45) is 1.61. The molecule has 0 unspecified atom stereocenters. The number of rotatable bonds is 1. The predicted octanol–water partition coefficient (Wildman–Crippen LogP) is 4.12. The van der Waals surface area contributed by atoms with Gasteiger partial charge < -0.3 is 4.98 Å². The van der Waals surface area contributed by atoms with Gasteiger partial charge in [0.25, 0.3) is 0 Å². The van der Waals surface area contributed by atoms with Crippen LogP contribution < -0.4 is 0 Å². The molecule has 2 aromatic heterocycles. The van der Waals surface area contributed by atoms with Crippen molar-refractivity contribution in [1.82, 2.24) is 14.5 Å². The summed E-state index contributed by atoms with van der Waals surface area (Å²) in [5.74, 6) is -1.82. The summed E-state index contributed by atoms with van der Waals surface area (Å²) in [5, 5.41) is 0. The molecule has 0 aliphatic carbocycles.